The average Bonchev–Trinajstić information content (AvgIpc) is 2.89. The van der Waals surface area contributed by atoms with Gasteiger partial charge >= 0.3 is 0 Å². The van der Waals surface area contributed by atoms with Crippen LogP contribution in [0.2, 0.25) is 5.15 Å². The highest BCUT2D eigenvalue weighted by molar-refractivity contribution is 6.29. The summed E-state index contributed by atoms with van der Waals surface area (Å²) in [7, 11) is 0. The van der Waals surface area contributed by atoms with E-state index in [4.69, 9.17) is 11.6 Å². The van der Waals surface area contributed by atoms with Gasteiger partial charge in [-0.25, -0.2) is 14.4 Å². The van der Waals surface area contributed by atoms with Crippen LogP contribution in [-0.4, -0.2) is 14.5 Å². The molecule has 3 aromatic rings. The lowest BCUT2D eigenvalue weighted by Crippen LogP contribution is -1.96. The van der Waals surface area contributed by atoms with Crippen molar-refractivity contribution in [3.8, 4) is 17.5 Å². The summed E-state index contributed by atoms with van der Waals surface area (Å²) in [5.74, 6) is 6.47. The van der Waals surface area contributed by atoms with Crippen LogP contribution >= 0.6 is 11.6 Å². The van der Waals surface area contributed by atoms with Crippen molar-refractivity contribution in [1.29, 1.82) is 0 Å². The van der Waals surface area contributed by atoms with Crippen LogP contribution in [0.1, 0.15) is 22.6 Å². The number of hydrogen-bond acceptors (Lipinski definition) is 2. The van der Waals surface area contributed by atoms with Gasteiger partial charge in [-0.2, -0.15) is 0 Å². The Bertz CT molecular complexity index is 935. The number of aromatic nitrogens is 3. The number of hydrogen-bond donors (Lipinski definition) is 0. The summed E-state index contributed by atoms with van der Waals surface area (Å²) in [4.78, 5) is 8.31. The second-order valence-corrected chi connectivity index (χ2v) is 5.48. The Balaban J connectivity index is 1.94. The molecular weight excluding hydrogens is 313 g/mol. The van der Waals surface area contributed by atoms with Gasteiger partial charge in [0, 0.05) is 23.6 Å². The summed E-state index contributed by atoms with van der Waals surface area (Å²) in [5.41, 5.74) is 2.70. The predicted octanol–water partition coefficient (Wildman–Crippen LogP) is 4.08. The van der Waals surface area contributed by atoms with E-state index in [0.717, 1.165) is 17.1 Å². The molecule has 1 aromatic carbocycles. The third-order valence-corrected chi connectivity index (χ3v) is 3.58. The lowest BCUT2D eigenvalue weighted by Gasteiger charge is -2.05. The van der Waals surface area contributed by atoms with E-state index in [1.807, 2.05) is 17.6 Å². The molecule has 2 aromatic heterocycles. The molecular formula is C18H13ClFN3. The Labute approximate surface area is 138 Å². The number of nitrogens with zero attached hydrogens (tertiary/aromatic N) is 3. The highest BCUT2D eigenvalue weighted by Crippen LogP contribution is 2.16. The first kappa shape index (κ1) is 15.3. The second-order valence-electron chi connectivity index (χ2n) is 5.09. The van der Waals surface area contributed by atoms with Crippen molar-refractivity contribution in [2.24, 2.45) is 0 Å². The Morgan fingerprint density at radius 2 is 1.96 bits per heavy atom. The van der Waals surface area contributed by atoms with Crippen LogP contribution in [0.5, 0.6) is 0 Å². The van der Waals surface area contributed by atoms with E-state index in [0.29, 0.717) is 16.4 Å². The van der Waals surface area contributed by atoms with Crippen molar-refractivity contribution in [2.75, 3.05) is 0 Å². The largest absolute Gasteiger partial charge is 0.303 e. The molecule has 0 aliphatic heterocycles. The van der Waals surface area contributed by atoms with Gasteiger partial charge in [0.15, 0.2) is 0 Å². The molecule has 0 spiro atoms. The van der Waals surface area contributed by atoms with Crippen molar-refractivity contribution in [2.45, 2.75) is 13.8 Å². The van der Waals surface area contributed by atoms with Crippen LogP contribution in [-0.2, 0) is 0 Å². The standard InChI is InChI=1S/C18H13ClFN3/c1-12-3-6-16(10-17(12)20)23-11-15(22-13(23)2)5-4-14-7-8-21-18(19)9-14/h3,6-11H,1-2H3. The third-order valence-electron chi connectivity index (χ3n) is 3.38. The number of benzene rings is 1. The fourth-order valence-electron chi connectivity index (χ4n) is 2.14. The molecule has 0 aliphatic rings. The summed E-state index contributed by atoms with van der Waals surface area (Å²) < 4.78 is 15.5. The van der Waals surface area contributed by atoms with E-state index in [1.165, 1.54) is 6.07 Å². The second kappa shape index (κ2) is 6.23. The van der Waals surface area contributed by atoms with Gasteiger partial charge in [0.25, 0.3) is 0 Å². The van der Waals surface area contributed by atoms with Crippen LogP contribution in [0.15, 0.2) is 42.7 Å². The van der Waals surface area contributed by atoms with E-state index in [1.54, 1.807) is 37.5 Å². The minimum Gasteiger partial charge on any atom is -0.303 e. The smallest absolute Gasteiger partial charge is 0.132 e. The molecule has 0 atom stereocenters. The average molecular weight is 326 g/mol. The molecule has 0 fully saturated rings. The molecule has 0 unspecified atom stereocenters. The Morgan fingerprint density at radius 1 is 1.13 bits per heavy atom. The molecule has 0 N–H and O–H groups in total. The summed E-state index contributed by atoms with van der Waals surface area (Å²) in [6.07, 6.45) is 3.39. The van der Waals surface area contributed by atoms with Gasteiger partial charge < -0.3 is 4.57 Å². The first-order valence-corrected chi connectivity index (χ1v) is 7.37. The van der Waals surface area contributed by atoms with Crippen LogP contribution < -0.4 is 0 Å². The zero-order chi connectivity index (χ0) is 16.4. The summed E-state index contributed by atoms with van der Waals surface area (Å²) in [6, 6.07) is 8.55. The molecule has 0 radical (unpaired) electrons. The molecule has 0 aliphatic carbocycles. The van der Waals surface area contributed by atoms with Gasteiger partial charge in [0.1, 0.15) is 22.5 Å². The normalized spacial score (nSPS) is 10.3. The molecule has 2 heterocycles. The zero-order valence-corrected chi connectivity index (χ0v) is 13.4. The van der Waals surface area contributed by atoms with Gasteiger partial charge in [-0.3, -0.25) is 0 Å². The van der Waals surface area contributed by atoms with Gasteiger partial charge in [-0.15, -0.1) is 0 Å². The zero-order valence-electron chi connectivity index (χ0n) is 12.6. The van der Waals surface area contributed by atoms with Crippen molar-refractivity contribution >= 4 is 11.6 Å². The Kier molecular flexibility index (Phi) is 4.14. The minimum absolute atomic E-state index is 0.241. The lowest BCUT2D eigenvalue weighted by molar-refractivity contribution is 0.617. The highest BCUT2D eigenvalue weighted by atomic mass is 35.5. The number of aryl methyl sites for hydroxylation is 2. The molecule has 0 saturated carbocycles. The molecule has 0 bridgehead atoms. The maximum absolute atomic E-state index is 13.7. The molecule has 23 heavy (non-hydrogen) atoms. The molecule has 3 rings (SSSR count). The van der Waals surface area contributed by atoms with Crippen LogP contribution in [0.4, 0.5) is 4.39 Å². The number of pyridine rings is 1. The number of imidazole rings is 1. The lowest BCUT2D eigenvalue weighted by atomic mass is 10.2. The van der Waals surface area contributed by atoms with Crippen molar-refractivity contribution in [3.05, 3.63) is 76.3 Å². The van der Waals surface area contributed by atoms with Gasteiger partial charge in [-0.1, -0.05) is 23.6 Å². The monoisotopic (exact) mass is 325 g/mol. The van der Waals surface area contributed by atoms with E-state index in [-0.39, 0.29) is 5.82 Å². The first-order valence-electron chi connectivity index (χ1n) is 6.99. The Morgan fingerprint density at radius 3 is 2.70 bits per heavy atom. The van der Waals surface area contributed by atoms with Crippen molar-refractivity contribution < 1.29 is 4.39 Å². The number of rotatable bonds is 1. The molecule has 114 valence electrons. The molecule has 3 nitrogen and oxygen atoms in total. The fraction of sp³-hybridized carbons (Fsp3) is 0.111. The number of halogens is 2. The van der Waals surface area contributed by atoms with E-state index in [2.05, 4.69) is 21.8 Å². The van der Waals surface area contributed by atoms with E-state index >= 15 is 0 Å². The van der Waals surface area contributed by atoms with Gasteiger partial charge in [0.2, 0.25) is 0 Å². The summed E-state index contributed by atoms with van der Waals surface area (Å²) >= 11 is 5.83. The highest BCUT2D eigenvalue weighted by Gasteiger charge is 2.06. The Hall–Kier alpha value is -2.64. The van der Waals surface area contributed by atoms with Crippen LogP contribution in [0.3, 0.4) is 0 Å². The maximum atomic E-state index is 13.7. The predicted molar refractivity (Wildman–Crippen MR) is 88.2 cm³/mol. The third kappa shape index (κ3) is 3.41. The fourth-order valence-corrected chi connectivity index (χ4v) is 2.32. The topological polar surface area (TPSA) is 30.7 Å². The summed E-state index contributed by atoms with van der Waals surface area (Å²) in [6.45, 7) is 3.59. The molecule has 5 heteroatoms. The summed E-state index contributed by atoms with van der Waals surface area (Å²) in [5, 5.41) is 0.397. The van der Waals surface area contributed by atoms with Gasteiger partial charge in [-0.05, 0) is 49.6 Å². The van der Waals surface area contributed by atoms with E-state index < -0.39 is 0 Å². The van der Waals surface area contributed by atoms with Crippen molar-refractivity contribution in [3.63, 3.8) is 0 Å². The van der Waals surface area contributed by atoms with Crippen molar-refractivity contribution in [1.82, 2.24) is 14.5 Å². The van der Waals surface area contributed by atoms with Crippen LogP contribution in [0.25, 0.3) is 5.69 Å². The van der Waals surface area contributed by atoms with E-state index in [9.17, 15) is 4.39 Å². The quantitative estimate of drug-likeness (QED) is 0.498. The minimum atomic E-state index is -0.241. The van der Waals surface area contributed by atoms with Gasteiger partial charge in [0.05, 0.1) is 0 Å². The first-order chi connectivity index (χ1) is 11.0. The molecule has 0 amide bonds. The van der Waals surface area contributed by atoms with Crippen LogP contribution in [0, 0.1) is 31.5 Å². The SMILES string of the molecule is Cc1ccc(-n2cc(C#Cc3ccnc(Cl)c3)nc2C)cc1F. The maximum Gasteiger partial charge on any atom is 0.132 e. The molecule has 0 saturated heterocycles.